The second-order valence-corrected chi connectivity index (χ2v) is 6.47. The number of para-hydroxylation sites is 1. The van der Waals surface area contributed by atoms with Crippen LogP contribution in [0, 0.1) is 0 Å². The van der Waals surface area contributed by atoms with Crippen molar-refractivity contribution in [2.45, 2.75) is 6.42 Å². The van der Waals surface area contributed by atoms with Crippen molar-refractivity contribution in [1.29, 1.82) is 0 Å². The molecule has 6 heteroatoms. The lowest BCUT2D eigenvalue weighted by Crippen LogP contribution is -2.28. The number of ether oxygens (including phenoxy) is 1. The number of benzene rings is 2. The summed E-state index contributed by atoms with van der Waals surface area (Å²) in [4.78, 5) is 30.6. The first kappa shape index (κ1) is 17.7. The van der Waals surface area contributed by atoms with E-state index < -0.39 is 5.97 Å². The lowest BCUT2D eigenvalue weighted by atomic mass is 10.2. The van der Waals surface area contributed by atoms with Crippen LogP contribution in [-0.4, -0.2) is 30.5 Å². The molecule has 0 radical (unpaired) electrons. The van der Waals surface area contributed by atoms with Crippen molar-refractivity contribution in [2.24, 2.45) is 0 Å². The molecule has 0 saturated carbocycles. The first-order chi connectivity index (χ1) is 13.7. The third-order valence-corrected chi connectivity index (χ3v) is 4.70. The van der Waals surface area contributed by atoms with Crippen molar-refractivity contribution in [3.8, 4) is 0 Å². The van der Waals surface area contributed by atoms with Gasteiger partial charge in [-0.05, 0) is 48.4 Å². The smallest absolute Gasteiger partial charge is 0.337 e. The summed E-state index contributed by atoms with van der Waals surface area (Å²) >= 11 is 0. The molecule has 1 amide bonds. The number of amides is 1. The van der Waals surface area contributed by atoms with Gasteiger partial charge in [0.25, 0.3) is 5.91 Å². The molecule has 28 heavy (non-hydrogen) atoms. The van der Waals surface area contributed by atoms with E-state index in [2.05, 4.69) is 16.4 Å². The van der Waals surface area contributed by atoms with Gasteiger partial charge in [-0.1, -0.05) is 24.3 Å². The van der Waals surface area contributed by atoms with Crippen LogP contribution in [0.5, 0.6) is 0 Å². The van der Waals surface area contributed by atoms with E-state index in [-0.39, 0.29) is 5.91 Å². The lowest BCUT2D eigenvalue weighted by Gasteiger charge is -2.17. The normalized spacial score (nSPS) is 12.4. The first-order valence-corrected chi connectivity index (χ1v) is 8.97. The molecule has 0 unspecified atom stereocenters. The summed E-state index contributed by atoms with van der Waals surface area (Å²) in [6.07, 6.45) is 2.43. The molecule has 0 saturated heterocycles. The van der Waals surface area contributed by atoms with E-state index in [0.29, 0.717) is 29.2 Å². The first-order valence-electron chi connectivity index (χ1n) is 8.97. The van der Waals surface area contributed by atoms with Crippen LogP contribution in [0.1, 0.15) is 26.3 Å². The predicted octanol–water partition coefficient (Wildman–Crippen LogP) is 3.81. The van der Waals surface area contributed by atoms with Gasteiger partial charge in [-0.2, -0.15) is 0 Å². The lowest BCUT2D eigenvalue weighted by molar-refractivity contribution is 0.0600. The number of carbonyl (C=O) groups excluding carboxylic acids is 2. The van der Waals surface area contributed by atoms with Crippen LogP contribution in [0.15, 0.2) is 66.9 Å². The molecule has 1 aliphatic heterocycles. The van der Waals surface area contributed by atoms with Gasteiger partial charge in [0.15, 0.2) is 0 Å². The van der Waals surface area contributed by atoms with E-state index in [1.807, 2.05) is 24.3 Å². The molecule has 1 aliphatic rings. The molecule has 0 spiro atoms. The predicted molar refractivity (Wildman–Crippen MR) is 107 cm³/mol. The number of nitrogens with one attached hydrogen (secondary N) is 1. The molecule has 0 fully saturated rings. The van der Waals surface area contributed by atoms with E-state index in [9.17, 15) is 9.59 Å². The summed E-state index contributed by atoms with van der Waals surface area (Å²) < 4.78 is 4.73. The van der Waals surface area contributed by atoms with Gasteiger partial charge < -0.3 is 15.0 Å². The Morgan fingerprint density at radius 3 is 2.68 bits per heavy atom. The number of rotatable bonds is 4. The molecule has 6 nitrogen and oxygen atoms in total. The number of anilines is 3. The molecular formula is C22H19N3O3. The van der Waals surface area contributed by atoms with Gasteiger partial charge in [-0.15, -0.1) is 0 Å². The SMILES string of the molecule is COC(=O)c1cccc(Nc2ccc(C(=O)N3CCc4ccccc43)cn2)c1. The van der Waals surface area contributed by atoms with Gasteiger partial charge >= 0.3 is 5.97 Å². The monoisotopic (exact) mass is 373 g/mol. The minimum Gasteiger partial charge on any atom is -0.465 e. The molecule has 0 atom stereocenters. The van der Waals surface area contributed by atoms with Crippen molar-refractivity contribution in [1.82, 2.24) is 4.98 Å². The van der Waals surface area contributed by atoms with Crippen LogP contribution in [0.25, 0.3) is 0 Å². The quantitative estimate of drug-likeness (QED) is 0.704. The zero-order valence-electron chi connectivity index (χ0n) is 15.4. The van der Waals surface area contributed by atoms with Crippen LogP contribution in [0.2, 0.25) is 0 Å². The Bertz CT molecular complexity index is 1030. The van der Waals surface area contributed by atoms with Crippen molar-refractivity contribution < 1.29 is 14.3 Å². The molecule has 2 aromatic carbocycles. The Morgan fingerprint density at radius 2 is 1.89 bits per heavy atom. The van der Waals surface area contributed by atoms with Crippen molar-refractivity contribution in [3.05, 3.63) is 83.6 Å². The topological polar surface area (TPSA) is 71.5 Å². The molecule has 3 aromatic rings. The van der Waals surface area contributed by atoms with Crippen LogP contribution in [-0.2, 0) is 11.2 Å². The highest BCUT2D eigenvalue weighted by atomic mass is 16.5. The van der Waals surface area contributed by atoms with Gasteiger partial charge in [0.2, 0.25) is 0 Å². The zero-order valence-corrected chi connectivity index (χ0v) is 15.4. The standard InChI is InChI=1S/C22H19N3O3/c1-28-22(27)16-6-4-7-18(13-16)24-20-10-9-17(14-23-20)21(26)25-12-11-15-5-2-3-8-19(15)25/h2-10,13-14H,11-12H2,1H3,(H,23,24). The van der Waals surface area contributed by atoms with Crippen molar-refractivity contribution in [2.75, 3.05) is 23.9 Å². The van der Waals surface area contributed by atoms with Crippen LogP contribution in [0.4, 0.5) is 17.2 Å². The summed E-state index contributed by atoms with van der Waals surface area (Å²) in [5.74, 6) is 0.125. The maximum absolute atomic E-state index is 12.8. The average Bonchev–Trinajstić information content (AvgIpc) is 3.17. The van der Waals surface area contributed by atoms with E-state index in [1.54, 1.807) is 41.4 Å². The van der Waals surface area contributed by atoms with Crippen molar-refractivity contribution in [3.63, 3.8) is 0 Å². The van der Waals surface area contributed by atoms with Gasteiger partial charge in [-0.25, -0.2) is 9.78 Å². The Kier molecular flexibility index (Phi) is 4.76. The number of esters is 1. The third kappa shape index (κ3) is 3.44. The largest absolute Gasteiger partial charge is 0.465 e. The summed E-state index contributed by atoms with van der Waals surface area (Å²) in [6, 6.07) is 18.4. The van der Waals surface area contributed by atoms with Crippen LogP contribution in [0.3, 0.4) is 0 Å². The number of methoxy groups -OCH3 is 1. The minimum atomic E-state index is -0.400. The molecule has 0 aliphatic carbocycles. The van der Waals surface area contributed by atoms with E-state index in [0.717, 1.165) is 12.1 Å². The number of aromatic nitrogens is 1. The van der Waals surface area contributed by atoms with E-state index in [1.165, 1.54) is 12.7 Å². The Morgan fingerprint density at radius 1 is 1.04 bits per heavy atom. The fourth-order valence-electron chi connectivity index (χ4n) is 3.29. The number of hydrogen-bond donors (Lipinski definition) is 1. The van der Waals surface area contributed by atoms with Gasteiger partial charge in [0.1, 0.15) is 5.82 Å². The number of nitrogens with zero attached hydrogens (tertiary/aromatic N) is 2. The Balaban J connectivity index is 1.49. The molecule has 1 N–H and O–H groups in total. The van der Waals surface area contributed by atoms with Crippen molar-refractivity contribution >= 4 is 29.1 Å². The third-order valence-electron chi connectivity index (χ3n) is 4.70. The maximum atomic E-state index is 12.8. The van der Waals surface area contributed by atoms with Crippen LogP contribution < -0.4 is 10.2 Å². The average molecular weight is 373 g/mol. The second kappa shape index (κ2) is 7.52. The van der Waals surface area contributed by atoms with Gasteiger partial charge in [-0.3, -0.25) is 4.79 Å². The molecular weight excluding hydrogens is 354 g/mol. The summed E-state index contributed by atoms with van der Waals surface area (Å²) in [5, 5.41) is 3.13. The molecule has 140 valence electrons. The van der Waals surface area contributed by atoms with E-state index >= 15 is 0 Å². The number of hydrogen-bond acceptors (Lipinski definition) is 5. The minimum absolute atomic E-state index is 0.0586. The summed E-state index contributed by atoms with van der Waals surface area (Å²) in [6.45, 7) is 0.679. The van der Waals surface area contributed by atoms with Crippen LogP contribution >= 0.6 is 0 Å². The number of pyridine rings is 1. The van der Waals surface area contributed by atoms with E-state index in [4.69, 9.17) is 4.74 Å². The summed E-state index contributed by atoms with van der Waals surface area (Å²) in [5.41, 5.74) is 3.85. The van der Waals surface area contributed by atoms with Gasteiger partial charge in [0, 0.05) is 24.1 Å². The van der Waals surface area contributed by atoms with Gasteiger partial charge in [0.05, 0.1) is 18.2 Å². The Hall–Kier alpha value is -3.67. The molecule has 1 aromatic heterocycles. The summed E-state index contributed by atoms with van der Waals surface area (Å²) in [7, 11) is 1.35. The fourth-order valence-corrected chi connectivity index (χ4v) is 3.29. The molecule has 2 heterocycles. The number of fused-ring (bicyclic) bond motifs is 1. The fraction of sp³-hybridized carbons (Fsp3) is 0.136. The Labute approximate surface area is 162 Å². The highest BCUT2D eigenvalue weighted by Gasteiger charge is 2.25. The number of carbonyl (C=O) groups is 2. The highest BCUT2D eigenvalue weighted by molar-refractivity contribution is 6.07. The molecule has 0 bridgehead atoms. The molecule has 4 rings (SSSR count). The maximum Gasteiger partial charge on any atom is 0.337 e. The highest BCUT2D eigenvalue weighted by Crippen LogP contribution is 2.29. The zero-order chi connectivity index (χ0) is 19.5. The second-order valence-electron chi connectivity index (χ2n) is 6.47.